The van der Waals surface area contributed by atoms with E-state index in [0.29, 0.717) is 22.8 Å². The summed E-state index contributed by atoms with van der Waals surface area (Å²) in [4.78, 5) is 0. The molecule has 4 aromatic rings. The molecule has 0 spiro atoms. The van der Waals surface area contributed by atoms with Crippen molar-refractivity contribution in [1.82, 2.24) is 10.6 Å². The van der Waals surface area contributed by atoms with Crippen LogP contribution in [0.15, 0.2) is 142 Å². The van der Waals surface area contributed by atoms with Crippen molar-refractivity contribution in [3.63, 3.8) is 0 Å². The van der Waals surface area contributed by atoms with E-state index in [9.17, 15) is 0 Å². The molecule has 3 heterocycles. The molecule has 61 heavy (non-hydrogen) atoms. The van der Waals surface area contributed by atoms with E-state index in [4.69, 9.17) is 65.4 Å². The fourth-order valence-electron chi connectivity index (χ4n) is 6.22. The van der Waals surface area contributed by atoms with Crippen LogP contribution in [-0.2, 0) is 36.1 Å². The smallest absolute Gasteiger partial charge is 0.567 e. The normalized spacial score (nSPS) is 20.3. The molecule has 2 saturated heterocycles. The summed E-state index contributed by atoms with van der Waals surface area (Å²) < 4.78 is 25.4. The zero-order valence-corrected chi connectivity index (χ0v) is 39.6. The SMILES string of the molecule is C1CCNCC1.C1CCNCC1.CC1=N\O[B-](c2ccccc2)(c2ccccc2)O/N=C(C)/C(C)=N/O[B-](c2ccccc2)(c2ccccc2)O\N=C\1C.ClCCl.ClCCl.[Fe+4]. The molecule has 7 rings (SSSR count). The Labute approximate surface area is 393 Å². The third kappa shape index (κ3) is 18.0. The van der Waals surface area contributed by atoms with Crippen LogP contribution in [0.5, 0.6) is 0 Å². The summed E-state index contributed by atoms with van der Waals surface area (Å²) >= 11 is 19.1. The molecule has 4 aromatic carbocycles. The van der Waals surface area contributed by atoms with E-state index < -0.39 is 13.1 Å². The van der Waals surface area contributed by atoms with Gasteiger partial charge in [-0.1, -0.05) is 134 Å². The molecule has 0 aliphatic carbocycles. The molecule has 0 amide bonds. The Morgan fingerprint density at radius 1 is 0.393 bits per heavy atom. The molecular weight excluding hydrogens is 896 g/mol. The second-order valence-electron chi connectivity index (χ2n) is 14.0. The number of nitrogens with one attached hydrogen (secondary N) is 2. The van der Waals surface area contributed by atoms with E-state index >= 15 is 0 Å². The molecular formula is C44H58B2Cl4FeN6O4+2. The van der Waals surface area contributed by atoms with Gasteiger partial charge >= 0.3 is 30.2 Å². The minimum absolute atomic E-state index is 0. The van der Waals surface area contributed by atoms with Crippen LogP contribution in [-0.4, -0.2) is 72.8 Å². The van der Waals surface area contributed by atoms with Crippen molar-refractivity contribution in [2.24, 2.45) is 20.6 Å². The van der Waals surface area contributed by atoms with Crippen molar-refractivity contribution in [2.45, 2.75) is 66.2 Å². The molecule has 3 aliphatic heterocycles. The second kappa shape index (κ2) is 31.3. The van der Waals surface area contributed by atoms with Gasteiger partial charge in [-0.15, -0.1) is 88.9 Å². The van der Waals surface area contributed by atoms with Crippen molar-refractivity contribution in [3.05, 3.63) is 121 Å². The summed E-state index contributed by atoms with van der Waals surface area (Å²) in [5.41, 5.74) is 4.99. The average Bonchev–Trinajstić information content (AvgIpc) is 3.32. The van der Waals surface area contributed by atoms with Crippen LogP contribution in [0.3, 0.4) is 0 Å². The number of benzene rings is 4. The molecule has 0 unspecified atom stereocenters. The standard InChI is InChI=1S/C32H32B2N4O4.2C5H11N.2CH2Cl2.Fe/c1-25-26(2)36-40-34(31-21-13-7-14-22-31,32-23-15-8-16-24-32)42-38-28(4)27(3)37-41-33(39-35-25,29-17-9-5-10-18-29)30-19-11-6-12-20-30;2*1-2-4-6-5-3-1;2*2-1-3;/h5-24H,1-4H3;2*6H,1-5H2;2*1H2;/q-2;;;;;+4/b35-25+,36-26+,37-27+,38-28+;;;;;. The van der Waals surface area contributed by atoms with Crippen LogP contribution in [0.2, 0.25) is 0 Å². The number of rotatable bonds is 4. The molecule has 0 radical (unpaired) electrons. The van der Waals surface area contributed by atoms with E-state index in [1.807, 2.05) is 121 Å². The summed E-state index contributed by atoms with van der Waals surface area (Å²) in [6, 6.07) is 38.5. The quantitative estimate of drug-likeness (QED) is 0.157. The van der Waals surface area contributed by atoms with Crippen LogP contribution in [0.25, 0.3) is 0 Å². The van der Waals surface area contributed by atoms with Gasteiger partial charge in [0, 0.05) is 0 Å². The van der Waals surface area contributed by atoms with Crippen molar-refractivity contribution in [3.8, 4) is 0 Å². The maximum absolute atomic E-state index is 6.35. The minimum Gasteiger partial charge on any atom is -0.567 e. The number of piperidine rings is 2. The van der Waals surface area contributed by atoms with Crippen molar-refractivity contribution < 1.29 is 36.1 Å². The molecule has 2 N–H and O–H groups in total. The topological polar surface area (TPSA) is 110 Å². The number of nitrogens with zero attached hydrogens (tertiary/aromatic N) is 4. The molecule has 0 aromatic heterocycles. The molecule has 0 atom stereocenters. The first-order valence-electron chi connectivity index (χ1n) is 20.3. The maximum Gasteiger partial charge on any atom is 4.00 e. The van der Waals surface area contributed by atoms with E-state index in [1.54, 1.807) is 27.7 Å². The number of hydrogen-bond acceptors (Lipinski definition) is 10. The summed E-state index contributed by atoms with van der Waals surface area (Å²) in [5, 5.41) is 25.0. The molecule has 0 saturated carbocycles. The Morgan fingerprint density at radius 3 is 0.738 bits per heavy atom. The molecule has 328 valence electrons. The minimum atomic E-state index is -2.39. The zero-order valence-electron chi connectivity index (χ0n) is 35.5. The van der Waals surface area contributed by atoms with E-state index in [0.717, 1.165) is 21.9 Å². The van der Waals surface area contributed by atoms with Gasteiger partial charge in [0.05, 0.1) is 33.5 Å². The summed E-state index contributed by atoms with van der Waals surface area (Å²) in [7, 11) is 0. The van der Waals surface area contributed by atoms with Crippen LogP contribution in [0, 0.1) is 0 Å². The number of oxime groups is 4. The Balaban J connectivity index is 0.000000560. The van der Waals surface area contributed by atoms with Gasteiger partial charge in [0.15, 0.2) is 0 Å². The van der Waals surface area contributed by atoms with Crippen molar-refractivity contribution in [1.29, 1.82) is 0 Å². The summed E-state index contributed by atoms with van der Waals surface area (Å²) in [6.07, 6.45) is 8.43. The number of hydrogen-bond donors (Lipinski definition) is 2. The maximum atomic E-state index is 6.35. The fraction of sp³-hybridized carbons (Fsp3) is 0.364. The van der Waals surface area contributed by atoms with Gasteiger partial charge in [0.2, 0.25) is 0 Å². The van der Waals surface area contributed by atoms with Crippen LogP contribution < -0.4 is 32.5 Å². The third-order valence-electron chi connectivity index (χ3n) is 9.77. The first kappa shape index (κ1) is 53.6. The Morgan fingerprint density at radius 2 is 0.590 bits per heavy atom. The Bertz CT molecular complexity index is 1600. The predicted molar refractivity (Wildman–Crippen MR) is 259 cm³/mol. The van der Waals surface area contributed by atoms with Crippen molar-refractivity contribution >= 4 is 104 Å². The predicted octanol–water partition coefficient (Wildman–Crippen LogP) is 8.44. The summed E-state index contributed by atoms with van der Waals surface area (Å²) in [5.74, 6) is 0. The third-order valence-corrected chi connectivity index (χ3v) is 9.77. The van der Waals surface area contributed by atoms with Gasteiger partial charge in [-0.05, 0) is 79.6 Å². The van der Waals surface area contributed by atoms with E-state index in [1.165, 1.54) is 64.7 Å². The fourth-order valence-corrected chi connectivity index (χ4v) is 6.22. The number of halogens is 4. The first-order valence-corrected chi connectivity index (χ1v) is 22.5. The monoisotopic (exact) mass is 952 g/mol. The zero-order chi connectivity index (χ0) is 43.3. The van der Waals surface area contributed by atoms with Gasteiger partial charge in [0.1, 0.15) is 0 Å². The Hall–Kier alpha value is -3.51. The van der Waals surface area contributed by atoms with Gasteiger partial charge in [-0.3, -0.25) is 0 Å². The van der Waals surface area contributed by atoms with E-state index in [2.05, 4.69) is 31.3 Å². The number of alkyl halides is 4. The molecule has 10 nitrogen and oxygen atoms in total. The van der Waals surface area contributed by atoms with Crippen LogP contribution in [0.4, 0.5) is 0 Å². The molecule has 2 fully saturated rings. The van der Waals surface area contributed by atoms with Gasteiger partial charge in [-0.2, -0.15) is 0 Å². The van der Waals surface area contributed by atoms with Crippen LogP contribution >= 0.6 is 46.4 Å². The van der Waals surface area contributed by atoms with Gasteiger partial charge < -0.3 is 29.7 Å². The second-order valence-corrected chi connectivity index (χ2v) is 15.6. The first-order chi connectivity index (χ1) is 29.3. The molecule has 3 aliphatic rings. The Kier molecular flexibility index (Phi) is 27.6. The van der Waals surface area contributed by atoms with Gasteiger partial charge in [-0.25, -0.2) is 0 Å². The van der Waals surface area contributed by atoms with Crippen LogP contribution in [0.1, 0.15) is 66.2 Å². The molecule has 17 heteroatoms. The summed E-state index contributed by atoms with van der Waals surface area (Å²) in [6.45, 7) is 7.39. The van der Waals surface area contributed by atoms with E-state index in [-0.39, 0.29) is 27.7 Å². The molecule has 0 bridgehead atoms. The average molecular weight is 954 g/mol. The van der Waals surface area contributed by atoms with Gasteiger partial charge in [0.25, 0.3) is 0 Å². The largest absolute Gasteiger partial charge is 4.00 e. The van der Waals surface area contributed by atoms with Crippen molar-refractivity contribution in [2.75, 3.05) is 36.9 Å².